The second kappa shape index (κ2) is 8.74. The van der Waals surface area contributed by atoms with E-state index in [1.165, 1.54) is 4.57 Å². The van der Waals surface area contributed by atoms with E-state index in [0.29, 0.717) is 17.7 Å². The Morgan fingerprint density at radius 3 is 2.03 bits per heavy atom. The lowest BCUT2D eigenvalue weighted by Crippen LogP contribution is -2.31. The number of benzene rings is 3. The number of amides is 1. The second-order valence-electron chi connectivity index (χ2n) is 8.09. The monoisotopic (exact) mass is 440 g/mol. The Hall–Kier alpha value is -4.19. The number of hydrogen-bond acceptors (Lipinski definition) is 4. The maximum atomic E-state index is 13.1. The fourth-order valence-corrected chi connectivity index (χ4v) is 4.39. The van der Waals surface area contributed by atoms with Gasteiger partial charge in [-0.05, 0) is 16.7 Å². The lowest BCUT2D eigenvalue weighted by atomic mass is 10.0. The fraction of sp³-hybridized carbons (Fsp3) is 0.148. The number of aromatic hydroxyl groups is 2. The molecule has 0 radical (unpaired) electrons. The number of hydrogen-bond donors (Lipinski definition) is 2. The highest BCUT2D eigenvalue weighted by Gasteiger charge is 2.42. The molecule has 0 bridgehead atoms. The van der Waals surface area contributed by atoms with Gasteiger partial charge in [-0.25, -0.2) is 4.79 Å². The van der Waals surface area contributed by atoms with Gasteiger partial charge in [0.25, 0.3) is 0 Å². The molecule has 6 nitrogen and oxygen atoms in total. The summed E-state index contributed by atoms with van der Waals surface area (Å²) in [5, 5.41) is 22.1. The van der Waals surface area contributed by atoms with Gasteiger partial charge in [0.1, 0.15) is 6.61 Å². The Labute approximate surface area is 191 Å². The summed E-state index contributed by atoms with van der Waals surface area (Å²) in [7, 11) is 0. The molecule has 2 N–H and O–H groups in total. The number of ether oxygens (including phenoxy) is 1. The van der Waals surface area contributed by atoms with Gasteiger partial charge < -0.3 is 14.9 Å². The van der Waals surface area contributed by atoms with Crippen molar-refractivity contribution in [2.45, 2.75) is 25.7 Å². The molecule has 1 aliphatic rings. The number of carbonyl (C=O) groups excluding carboxylic acids is 1. The first-order chi connectivity index (χ1) is 16.1. The molecule has 0 aliphatic carbocycles. The van der Waals surface area contributed by atoms with E-state index in [4.69, 9.17) is 4.74 Å². The molecule has 1 amide bonds. The summed E-state index contributed by atoms with van der Waals surface area (Å²) in [6.07, 6.45) is -0.502. The van der Waals surface area contributed by atoms with E-state index in [1.54, 1.807) is 4.90 Å². The van der Waals surface area contributed by atoms with Crippen LogP contribution in [0, 0.1) is 0 Å². The van der Waals surface area contributed by atoms with Crippen molar-refractivity contribution in [3.05, 3.63) is 119 Å². The van der Waals surface area contributed by atoms with Crippen LogP contribution in [0.1, 0.15) is 33.9 Å². The van der Waals surface area contributed by atoms with Crippen molar-refractivity contribution >= 4 is 6.09 Å². The highest BCUT2D eigenvalue weighted by molar-refractivity contribution is 5.72. The Kier molecular flexibility index (Phi) is 5.48. The first-order valence-electron chi connectivity index (χ1n) is 10.8. The Balaban J connectivity index is 1.48. The Morgan fingerprint density at radius 2 is 1.39 bits per heavy atom. The third-order valence-corrected chi connectivity index (χ3v) is 6.00. The molecule has 0 saturated heterocycles. The lowest BCUT2D eigenvalue weighted by molar-refractivity contribution is 0.0880. The van der Waals surface area contributed by atoms with Crippen molar-refractivity contribution in [1.82, 2.24) is 9.47 Å². The van der Waals surface area contributed by atoms with Crippen LogP contribution in [-0.4, -0.2) is 25.8 Å². The summed E-state index contributed by atoms with van der Waals surface area (Å²) in [6, 6.07) is 28.0. The van der Waals surface area contributed by atoms with Crippen molar-refractivity contribution in [2.24, 2.45) is 0 Å². The SMILES string of the molecule is O=C(OCc1ccccc1)N1Cc2c(c(O)n(Cc3ccccc3)c2O)C1c1ccccc1. The van der Waals surface area contributed by atoms with Crippen molar-refractivity contribution < 1.29 is 19.7 Å². The molecule has 0 fully saturated rings. The fourth-order valence-electron chi connectivity index (χ4n) is 4.39. The smallest absolute Gasteiger partial charge is 0.411 e. The van der Waals surface area contributed by atoms with Gasteiger partial charge >= 0.3 is 6.09 Å². The maximum Gasteiger partial charge on any atom is 0.411 e. The second-order valence-corrected chi connectivity index (χ2v) is 8.09. The molecular weight excluding hydrogens is 416 g/mol. The highest BCUT2D eigenvalue weighted by atomic mass is 16.6. The molecule has 33 heavy (non-hydrogen) atoms. The minimum absolute atomic E-state index is 0.0364. The summed E-state index contributed by atoms with van der Waals surface area (Å²) in [4.78, 5) is 14.7. The van der Waals surface area contributed by atoms with Gasteiger partial charge in [-0.15, -0.1) is 0 Å². The third kappa shape index (κ3) is 3.91. The molecule has 1 atom stereocenters. The van der Waals surface area contributed by atoms with Crippen LogP contribution in [0.25, 0.3) is 0 Å². The molecule has 5 rings (SSSR count). The van der Waals surface area contributed by atoms with Gasteiger partial charge in [0.05, 0.1) is 19.1 Å². The topological polar surface area (TPSA) is 74.9 Å². The molecule has 3 aromatic carbocycles. The van der Waals surface area contributed by atoms with Gasteiger partial charge in [0, 0.05) is 11.1 Å². The molecule has 6 heteroatoms. The van der Waals surface area contributed by atoms with Crippen LogP contribution in [0.3, 0.4) is 0 Å². The van der Waals surface area contributed by atoms with Crippen LogP contribution in [0.5, 0.6) is 11.8 Å². The Bertz CT molecular complexity index is 1250. The maximum absolute atomic E-state index is 13.1. The largest absolute Gasteiger partial charge is 0.494 e. The lowest BCUT2D eigenvalue weighted by Gasteiger charge is -2.26. The first-order valence-corrected chi connectivity index (χ1v) is 10.8. The van der Waals surface area contributed by atoms with Crippen LogP contribution < -0.4 is 0 Å². The number of rotatable bonds is 5. The first kappa shape index (κ1) is 20.7. The number of carbonyl (C=O) groups is 1. The summed E-state index contributed by atoms with van der Waals surface area (Å²) < 4.78 is 7.08. The van der Waals surface area contributed by atoms with E-state index in [-0.39, 0.29) is 24.9 Å². The summed E-state index contributed by atoms with van der Waals surface area (Å²) in [5.41, 5.74) is 3.74. The van der Waals surface area contributed by atoms with Crippen LogP contribution >= 0.6 is 0 Å². The molecule has 4 aromatic rings. The average molecular weight is 440 g/mol. The van der Waals surface area contributed by atoms with Crippen molar-refractivity contribution in [1.29, 1.82) is 0 Å². The third-order valence-electron chi connectivity index (χ3n) is 6.00. The zero-order chi connectivity index (χ0) is 22.8. The Morgan fingerprint density at radius 1 is 0.818 bits per heavy atom. The van der Waals surface area contributed by atoms with E-state index in [2.05, 4.69) is 0 Å². The van der Waals surface area contributed by atoms with Crippen LogP contribution in [0.15, 0.2) is 91.0 Å². The van der Waals surface area contributed by atoms with E-state index < -0.39 is 12.1 Å². The number of nitrogens with zero attached hydrogens (tertiary/aromatic N) is 2. The van der Waals surface area contributed by atoms with Gasteiger partial charge in [-0.2, -0.15) is 0 Å². The predicted octanol–water partition coefficient (Wildman–Crippen LogP) is 5.19. The summed E-state index contributed by atoms with van der Waals surface area (Å²) in [5.74, 6) is -0.0794. The normalized spacial score (nSPS) is 14.8. The molecule has 1 aromatic heterocycles. The van der Waals surface area contributed by atoms with Crippen molar-refractivity contribution in [3.8, 4) is 11.8 Å². The minimum atomic E-state index is -0.563. The molecule has 1 unspecified atom stereocenters. The average Bonchev–Trinajstić information content (AvgIpc) is 3.36. The van der Waals surface area contributed by atoms with Crippen molar-refractivity contribution in [3.63, 3.8) is 0 Å². The van der Waals surface area contributed by atoms with E-state index in [1.807, 2.05) is 91.0 Å². The highest BCUT2D eigenvalue weighted by Crippen LogP contribution is 2.49. The number of aromatic nitrogens is 1. The van der Waals surface area contributed by atoms with E-state index in [0.717, 1.165) is 16.7 Å². The minimum Gasteiger partial charge on any atom is -0.494 e. The standard InChI is InChI=1S/C27H24N2O4/c30-25-22-17-28(27(32)33-18-20-12-6-2-7-13-20)24(21-14-8-3-9-15-21)23(22)26(31)29(25)16-19-10-4-1-5-11-19/h1-15,24,30-31H,16-18H2. The molecule has 0 saturated carbocycles. The van der Waals surface area contributed by atoms with E-state index in [9.17, 15) is 15.0 Å². The zero-order valence-corrected chi connectivity index (χ0v) is 18.0. The van der Waals surface area contributed by atoms with Gasteiger partial charge in [0.15, 0.2) is 11.8 Å². The zero-order valence-electron chi connectivity index (χ0n) is 18.0. The van der Waals surface area contributed by atoms with Crippen LogP contribution in [0.4, 0.5) is 4.79 Å². The summed E-state index contributed by atoms with van der Waals surface area (Å²) >= 11 is 0. The van der Waals surface area contributed by atoms with Gasteiger partial charge in [-0.3, -0.25) is 9.47 Å². The van der Waals surface area contributed by atoms with Crippen molar-refractivity contribution in [2.75, 3.05) is 0 Å². The quantitative estimate of drug-likeness (QED) is 0.448. The molecular formula is C27H24N2O4. The molecule has 1 aliphatic heterocycles. The van der Waals surface area contributed by atoms with Crippen LogP contribution in [-0.2, 0) is 24.4 Å². The van der Waals surface area contributed by atoms with Gasteiger partial charge in [0.2, 0.25) is 0 Å². The summed E-state index contributed by atoms with van der Waals surface area (Å²) in [6.45, 7) is 0.614. The predicted molar refractivity (Wildman–Crippen MR) is 124 cm³/mol. The van der Waals surface area contributed by atoms with Crippen LogP contribution in [0.2, 0.25) is 0 Å². The molecule has 166 valence electrons. The molecule has 0 spiro atoms. The molecule has 2 heterocycles. The number of fused-ring (bicyclic) bond motifs is 1. The van der Waals surface area contributed by atoms with Gasteiger partial charge in [-0.1, -0.05) is 91.0 Å². The van der Waals surface area contributed by atoms with E-state index >= 15 is 0 Å².